The van der Waals surface area contributed by atoms with Gasteiger partial charge in [-0.25, -0.2) is 9.78 Å². The van der Waals surface area contributed by atoms with Crippen LogP contribution in [0.1, 0.15) is 50.5 Å². The van der Waals surface area contributed by atoms with Crippen LogP contribution in [0.3, 0.4) is 0 Å². The summed E-state index contributed by atoms with van der Waals surface area (Å²) in [6.07, 6.45) is 14.7. The molecule has 3 heterocycles. The number of aromatic nitrogens is 1. The lowest BCUT2D eigenvalue weighted by molar-refractivity contribution is -0.136. The summed E-state index contributed by atoms with van der Waals surface area (Å²) >= 11 is 9.63. The first-order chi connectivity index (χ1) is 16.2. The molecule has 0 N–H and O–H groups in total. The number of benzene rings is 1. The number of carbonyl (C=O) groups is 1. The van der Waals surface area contributed by atoms with Crippen molar-refractivity contribution in [1.82, 2.24) is 4.98 Å². The number of anilines is 1. The monoisotopic (exact) mass is 499 g/mol. The maximum absolute atomic E-state index is 12.1. The second-order valence-corrected chi connectivity index (χ2v) is 10.2. The highest BCUT2D eigenvalue weighted by Crippen LogP contribution is 2.46. The molecule has 0 bridgehead atoms. The number of fused-ring (bicyclic) bond motifs is 1. The fraction of sp³-hybridized carbons (Fsp3) is 0.320. The van der Waals surface area contributed by atoms with Crippen molar-refractivity contribution in [3.05, 3.63) is 74.7 Å². The van der Waals surface area contributed by atoms with Gasteiger partial charge >= 0.3 is 5.97 Å². The molecular formula is C25H26ClN3O2S2. The van der Waals surface area contributed by atoms with Gasteiger partial charge in [0.15, 0.2) is 5.71 Å². The Kier molecular flexibility index (Phi) is 8.42. The van der Waals surface area contributed by atoms with Crippen molar-refractivity contribution in [3.63, 3.8) is 0 Å². The summed E-state index contributed by atoms with van der Waals surface area (Å²) in [5, 5.41) is 7.87. The zero-order chi connectivity index (χ0) is 23.0. The van der Waals surface area contributed by atoms with Crippen molar-refractivity contribution < 1.29 is 9.63 Å². The maximum Gasteiger partial charge on any atom is 0.368 e. The van der Waals surface area contributed by atoms with E-state index in [1.165, 1.54) is 54.0 Å². The SMILES string of the molecule is CCCCCCCCN1C(=CC=C(Cl)C=C2C(=O)ON=C2c2nccs2)Sc2ccccc21. The summed E-state index contributed by atoms with van der Waals surface area (Å²) in [6, 6.07) is 8.46. The molecule has 5 nitrogen and oxygen atoms in total. The average molecular weight is 500 g/mol. The smallest absolute Gasteiger partial charge is 0.335 e. The standard InChI is InChI=1S/C25H26ClN3O2S2/c1-2-3-4-5-6-9-15-29-20-10-7-8-11-21(20)33-22(29)13-12-18(26)17-19-23(28-31-25(19)30)24-27-14-16-32-24/h7-8,10-14,16-17H,2-6,9,15H2,1H3. The van der Waals surface area contributed by atoms with E-state index >= 15 is 0 Å². The van der Waals surface area contributed by atoms with Gasteiger partial charge in [0.05, 0.1) is 16.3 Å². The maximum atomic E-state index is 12.1. The number of allylic oxidation sites excluding steroid dienone is 4. The summed E-state index contributed by atoms with van der Waals surface area (Å²) in [4.78, 5) is 24.8. The Labute approximate surface area is 207 Å². The normalized spacial score (nSPS) is 18.2. The minimum absolute atomic E-state index is 0.316. The Hall–Kier alpha value is -2.35. The summed E-state index contributed by atoms with van der Waals surface area (Å²) in [7, 11) is 0. The van der Waals surface area contributed by atoms with Gasteiger partial charge in [-0.05, 0) is 36.8 Å². The highest BCUT2D eigenvalue weighted by Gasteiger charge is 2.28. The molecule has 4 rings (SSSR count). The first-order valence-corrected chi connectivity index (χ1v) is 13.3. The van der Waals surface area contributed by atoms with Gasteiger partial charge in [0.1, 0.15) is 5.01 Å². The molecule has 0 fully saturated rings. The van der Waals surface area contributed by atoms with Crippen LogP contribution in [0.2, 0.25) is 0 Å². The molecular weight excluding hydrogens is 474 g/mol. The Bertz CT molecular complexity index is 1110. The van der Waals surface area contributed by atoms with Gasteiger partial charge in [-0.1, -0.05) is 79.7 Å². The number of thiazole rings is 1. The third-order valence-corrected chi connectivity index (χ3v) is 7.51. The minimum atomic E-state index is -0.522. The van der Waals surface area contributed by atoms with Crippen LogP contribution >= 0.6 is 34.7 Å². The van der Waals surface area contributed by atoms with Gasteiger partial charge in [-0.15, -0.1) is 11.3 Å². The fourth-order valence-corrected chi connectivity index (χ4v) is 5.59. The summed E-state index contributed by atoms with van der Waals surface area (Å²) in [5.41, 5.74) is 1.97. The van der Waals surface area contributed by atoms with Crippen LogP contribution in [0, 0.1) is 0 Å². The molecule has 0 saturated carbocycles. The number of para-hydroxylation sites is 1. The van der Waals surface area contributed by atoms with Crippen LogP contribution in [0.5, 0.6) is 0 Å². The molecule has 0 saturated heterocycles. The Morgan fingerprint density at radius 3 is 2.82 bits per heavy atom. The molecule has 1 aromatic carbocycles. The van der Waals surface area contributed by atoms with Crippen molar-refractivity contribution in [2.24, 2.45) is 5.16 Å². The number of rotatable bonds is 10. The lowest BCUT2D eigenvalue weighted by Crippen LogP contribution is -2.18. The Morgan fingerprint density at radius 2 is 2.00 bits per heavy atom. The number of nitrogens with zero attached hydrogens (tertiary/aromatic N) is 3. The molecule has 2 aliphatic rings. The highest BCUT2D eigenvalue weighted by molar-refractivity contribution is 8.03. The van der Waals surface area contributed by atoms with Gasteiger partial charge in [0.25, 0.3) is 0 Å². The quantitative estimate of drug-likeness (QED) is 0.195. The number of carbonyl (C=O) groups excluding carboxylic acids is 1. The van der Waals surface area contributed by atoms with Crippen LogP contribution in [-0.2, 0) is 9.63 Å². The first kappa shape index (κ1) is 23.8. The third-order valence-electron chi connectivity index (χ3n) is 5.37. The zero-order valence-electron chi connectivity index (χ0n) is 18.5. The van der Waals surface area contributed by atoms with Gasteiger partial charge < -0.3 is 9.74 Å². The van der Waals surface area contributed by atoms with E-state index in [0.717, 1.165) is 18.0 Å². The predicted molar refractivity (Wildman–Crippen MR) is 138 cm³/mol. The van der Waals surface area contributed by atoms with E-state index in [1.807, 2.05) is 17.5 Å². The topological polar surface area (TPSA) is 54.8 Å². The van der Waals surface area contributed by atoms with Crippen LogP contribution in [0.25, 0.3) is 0 Å². The molecule has 1 aromatic heterocycles. The van der Waals surface area contributed by atoms with Crippen LogP contribution < -0.4 is 4.90 Å². The second-order valence-electron chi connectivity index (χ2n) is 7.76. The molecule has 8 heteroatoms. The number of halogens is 1. The van der Waals surface area contributed by atoms with Crippen molar-refractivity contribution in [2.45, 2.75) is 50.3 Å². The first-order valence-electron chi connectivity index (χ1n) is 11.2. The van der Waals surface area contributed by atoms with E-state index in [2.05, 4.69) is 46.2 Å². The van der Waals surface area contributed by atoms with Crippen molar-refractivity contribution in [2.75, 3.05) is 11.4 Å². The molecule has 2 aromatic rings. The predicted octanol–water partition coefficient (Wildman–Crippen LogP) is 7.27. The van der Waals surface area contributed by atoms with Gasteiger partial charge in [0.2, 0.25) is 0 Å². The van der Waals surface area contributed by atoms with Crippen molar-refractivity contribution >= 4 is 52.1 Å². The van der Waals surface area contributed by atoms with Crippen LogP contribution in [-0.4, -0.2) is 23.2 Å². The Balaban J connectivity index is 1.48. The second kappa shape index (κ2) is 11.7. The van der Waals surface area contributed by atoms with E-state index in [1.54, 1.807) is 24.0 Å². The van der Waals surface area contributed by atoms with Crippen LogP contribution in [0.15, 0.2) is 79.8 Å². The van der Waals surface area contributed by atoms with Crippen molar-refractivity contribution in [1.29, 1.82) is 0 Å². The number of hydrogen-bond donors (Lipinski definition) is 0. The molecule has 0 amide bonds. The largest absolute Gasteiger partial charge is 0.368 e. The molecule has 0 spiro atoms. The lowest BCUT2D eigenvalue weighted by Gasteiger charge is -2.20. The fourth-order valence-electron chi connectivity index (χ4n) is 3.70. The van der Waals surface area contributed by atoms with E-state index in [0.29, 0.717) is 21.3 Å². The third kappa shape index (κ3) is 5.96. The number of unbranched alkanes of at least 4 members (excludes halogenated alkanes) is 5. The molecule has 172 valence electrons. The summed E-state index contributed by atoms with van der Waals surface area (Å²) in [6.45, 7) is 3.22. The highest BCUT2D eigenvalue weighted by atomic mass is 35.5. The van der Waals surface area contributed by atoms with Gasteiger partial charge in [-0.3, -0.25) is 0 Å². The average Bonchev–Trinajstić information content (AvgIpc) is 3.55. The molecule has 0 radical (unpaired) electrons. The number of oxime groups is 1. The van der Waals surface area contributed by atoms with E-state index in [4.69, 9.17) is 16.4 Å². The lowest BCUT2D eigenvalue weighted by atomic mass is 10.1. The van der Waals surface area contributed by atoms with Gasteiger partial charge in [0, 0.05) is 28.0 Å². The Morgan fingerprint density at radius 1 is 1.18 bits per heavy atom. The van der Waals surface area contributed by atoms with Crippen LogP contribution in [0.4, 0.5) is 5.69 Å². The number of thioether (sulfide) groups is 1. The van der Waals surface area contributed by atoms with Crippen molar-refractivity contribution in [3.8, 4) is 0 Å². The summed E-state index contributed by atoms with van der Waals surface area (Å²) in [5.74, 6) is -0.522. The summed E-state index contributed by atoms with van der Waals surface area (Å²) < 4.78 is 0. The molecule has 33 heavy (non-hydrogen) atoms. The van der Waals surface area contributed by atoms with E-state index < -0.39 is 5.97 Å². The van der Waals surface area contributed by atoms with Gasteiger partial charge in [-0.2, -0.15) is 0 Å². The molecule has 0 atom stereocenters. The minimum Gasteiger partial charge on any atom is -0.335 e. The number of hydrogen-bond acceptors (Lipinski definition) is 7. The van der Waals surface area contributed by atoms with E-state index in [9.17, 15) is 4.79 Å². The molecule has 0 aliphatic carbocycles. The zero-order valence-corrected chi connectivity index (χ0v) is 20.9. The molecule has 2 aliphatic heterocycles. The van der Waals surface area contributed by atoms with E-state index in [-0.39, 0.29) is 0 Å². The molecule has 0 unspecified atom stereocenters.